The fourth-order valence-electron chi connectivity index (χ4n) is 3.88. The van der Waals surface area contributed by atoms with E-state index in [2.05, 4.69) is 15.5 Å². The quantitative estimate of drug-likeness (QED) is 0.156. The van der Waals surface area contributed by atoms with Crippen molar-refractivity contribution < 1.29 is 27.6 Å². The van der Waals surface area contributed by atoms with E-state index in [9.17, 15) is 22.9 Å². The Hall–Kier alpha value is -3.70. The van der Waals surface area contributed by atoms with E-state index in [1.807, 2.05) is 0 Å². The Labute approximate surface area is 228 Å². The van der Waals surface area contributed by atoms with Crippen molar-refractivity contribution in [3.8, 4) is 11.5 Å². The van der Waals surface area contributed by atoms with Crippen LogP contribution in [0.5, 0.6) is 11.5 Å². The minimum atomic E-state index is -4.64. The smallest absolute Gasteiger partial charge is 0.296 e. The lowest BCUT2D eigenvalue weighted by molar-refractivity contribution is 0.102. The zero-order valence-electron chi connectivity index (χ0n) is 20.1. The van der Waals surface area contributed by atoms with Crippen molar-refractivity contribution in [1.29, 1.82) is 0 Å². The minimum absolute atomic E-state index is 0.0460. The number of rotatable bonds is 7. The van der Waals surface area contributed by atoms with Gasteiger partial charge in [0.1, 0.15) is 22.0 Å². The van der Waals surface area contributed by atoms with Gasteiger partial charge in [-0.1, -0.05) is 60.5 Å². The lowest BCUT2D eigenvalue weighted by atomic mass is 10.0. The van der Waals surface area contributed by atoms with E-state index in [0.717, 1.165) is 0 Å². The molecule has 196 valence electrons. The average Bonchev–Trinajstić information content (AvgIpc) is 2.87. The number of carbonyl (C=O) groups is 1. The van der Waals surface area contributed by atoms with E-state index >= 15 is 0 Å². The number of phenols is 1. The fourth-order valence-corrected chi connectivity index (χ4v) is 5.44. The molecule has 1 amide bonds. The molecule has 0 aliphatic rings. The summed E-state index contributed by atoms with van der Waals surface area (Å²) in [4.78, 5) is 12.7. The van der Waals surface area contributed by atoms with Crippen LogP contribution in [0.25, 0.3) is 10.8 Å². The number of methoxy groups -OCH3 is 1. The first kappa shape index (κ1) is 27.3. The second-order valence-corrected chi connectivity index (χ2v) is 10.2. The van der Waals surface area contributed by atoms with E-state index < -0.39 is 26.7 Å². The van der Waals surface area contributed by atoms with Gasteiger partial charge in [0.15, 0.2) is 5.75 Å². The van der Waals surface area contributed by atoms with Crippen LogP contribution < -0.4 is 10.1 Å². The van der Waals surface area contributed by atoms with Gasteiger partial charge in [-0.2, -0.15) is 8.42 Å². The molecule has 0 aliphatic carbocycles. The predicted molar refractivity (Wildman–Crippen MR) is 146 cm³/mol. The Morgan fingerprint density at radius 3 is 2.47 bits per heavy atom. The molecule has 0 radical (unpaired) electrons. The van der Waals surface area contributed by atoms with Crippen LogP contribution in [0.3, 0.4) is 0 Å². The zero-order valence-corrected chi connectivity index (χ0v) is 22.4. The molecule has 0 atom stereocenters. The molecule has 9 nitrogen and oxygen atoms in total. The summed E-state index contributed by atoms with van der Waals surface area (Å²) in [5.74, 6) is -0.769. The van der Waals surface area contributed by atoms with Gasteiger partial charge in [0.05, 0.1) is 23.4 Å². The monoisotopic (exact) mass is 573 g/mol. The van der Waals surface area contributed by atoms with E-state index in [0.29, 0.717) is 39.2 Å². The number of anilines is 1. The van der Waals surface area contributed by atoms with Crippen molar-refractivity contribution in [1.82, 2.24) is 0 Å². The highest BCUT2D eigenvalue weighted by Gasteiger charge is 2.23. The number of benzene rings is 4. The number of aromatic hydroxyl groups is 1. The highest BCUT2D eigenvalue weighted by atomic mass is 35.5. The number of ether oxygens (including phenoxy) is 1. The number of phenolic OH excluding ortho intramolecular Hbond substituents is 1. The molecule has 0 heterocycles. The van der Waals surface area contributed by atoms with Gasteiger partial charge in [0, 0.05) is 10.4 Å². The van der Waals surface area contributed by atoms with Gasteiger partial charge >= 0.3 is 0 Å². The van der Waals surface area contributed by atoms with Crippen LogP contribution in [0.15, 0.2) is 75.8 Å². The standard InChI is InChI=1S/C26H21Cl2N3O6S/c1-3-14-8-10-19(22(28)25(14)38(34,35)36)30-31-23-17-7-5-4-6-15(17)12-18(24(23)32)26(33)29-20-13-16(27)9-11-21(20)37-2/h4-13,32H,3H2,1-2H3,(H,29,33)(H,34,35,36). The second kappa shape index (κ2) is 11.0. The lowest BCUT2D eigenvalue weighted by Gasteiger charge is -2.13. The molecule has 0 spiro atoms. The number of hydrogen-bond donors (Lipinski definition) is 3. The first-order valence-electron chi connectivity index (χ1n) is 11.1. The van der Waals surface area contributed by atoms with Gasteiger partial charge < -0.3 is 15.2 Å². The number of nitrogens with zero attached hydrogens (tertiary/aromatic N) is 2. The number of halogens is 2. The number of azo groups is 1. The SMILES string of the molecule is CCc1ccc(N=Nc2c(O)c(C(=O)Nc3cc(Cl)ccc3OC)cc3ccccc23)c(Cl)c1S(=O)(=O)O. The van der Waals surface area contributed by atoms with Gasteiger partial charge in [-0.25, -0.2) is 0 Å². The first-order chi connectivity index (χ1) is 18.0. The van der Waals surface area contributed by atoms with Crippen LogP contribution in [0.1, 0.15) is 22.8 Å². The van der Waals surface area contributed by atoms with Gasteiger partial charge in [-0.3, -0.25) is 9.35 Å². The average molecular weight is 574 g/mol. The van der Waals surface area contributed by atoms with Gasteiger partial charge in [0.25, 0.3) is 16.0 Å². The molecule has 4 aromatic carbocycles. The Bertz CT molecular complexity index is 1710. The summed E-state index contributed by atoms with van der Waals surface area (Å²) in [5, 5.41) is 23.0. The molecule has 4 rings (SSSR count). The number of carbonyl (C=O) groups excluding carboxylic acids is 1. The molecule has 3 N–H and O–H groups in total. The van der Waals surface area contributed by atoms with Crippen molar-refractivity contribution in [2.45, 2.75) is 18.2 Å². The number of amides is 1. The third kappa shape index (κ3) is 5.44. The van der Waals surface area contributed by atoms with Crippen LogP contribution in [0.2, 0.25) is 10.0 Å². The Morgan fingerprint density at radius 1 is 1.05 bits per heavy atom. The van der Waals surface area contributed by atoms with Crippen LogP contribution >= 0.6 is 23.2 Å². The van der Waals surface area contributed by atoms with Crippen LogP contribution in [0, 0.1) is 0 Å². The molecular formula is C26H21Cl2N3O6S. The van der Waals surface area contributed by atoms with Crippen LogP contribution in [-0.4, -0.2) is 31.1 Å². The summed E-state index contributed by atoms with van der Waals surface area (Å²) < 4.78 is 38.8. The Morgan fingerprint density at radius 2 is 1.79 bits per heavy atom. The summed E-state index contributed by atoms with van der Waals surface area (Å²) in [7, 11) is -3.20. The number of aryl methyl sites for hydroxylation is 1. The third-order valence-electron chi connectivity index (χ3n) is 5.70. The summed E-state index contributed by atoms with van der Waals surface area (Å²) in [6.07, 6.45) is 0.298. The summed E-state index contributed by atoms with van der Waals surface area (Å²) in [6.45, 7) is 1.71. The largest absolute Gasteiger partial charge is 0.505 e. The van der Waals surface area contributed by atoms with Crippen molar-refractivity contribution in [3.63, 3.8) is 0 Å². The van der Waals surface area contributed by atoms with Crippen molar-refractivity contribution in [3.05, 3.63) is 81.8 Å². The molecular weight excluding hydrogens is 553 g/mol. The highest BCUT2D eigenvalue weighted by molar-refractivity contribution is 7.86. The van der Waals surface area contributed by atoms with E-state index in [-0.39, 0.29) is 22.0 Å². The Balaban J connectivity index is 1.83. The van der Waals surface area contributed by atoms with Crippen LogP contribution in [0.4, 0.5) is 17.1 Å². The molecule has 38 heavy (non-hydrogen) atoms. The van der Waals surface area contributed by atoms with Crippen LogP contribution in [-0.2, 0) is 16.5 Å². The maximum atomic E-state index is 13.2. The van der Waals surface area contributed by atoms with Crippen molar-refractivity contribution in [2.75, 3.05) is 12.4 Å². The van der Waals surface area contributed by atoms with Crippen molar-refractivity contribution >= 4 is 67.1 Å². The molecule has 12 heteroatoms. The lowest BCUT2D eigenvalue weighted by Crippen LogP contribution is -2.13. The van der Waals surface area contributed by atoms with Gasteiger partial charge in [-0.15, -0.1) is 10.2 Å². The number of fused-ring (bicyclic) bond motifs is 1. The Kier molecular flexibility index (Phi) is 7.89. The molecule has 0 bridgehead atoms. The molecule has 4 aromatic rings. The highest BCUT2D eigenvalue weighted by Crippen LogP contribution is 2.41. The molecule has 0 aromatic heterocycles. The second-order valence-electron chi connectivity index (χ2n) is 8.06. The summed E-state index contributed by atoms with van der Waals surface area (Å²) >= 11 is 12.3. The number of hydrogen-bond acceptors (Lipinski definition) is 7. The van der Waals surface area contributed by atoms with Gasteiger partial charge in [0.2, 0.25) is 0 Å². The van der Waals surface area contributed by atoms with E-state index in [4.69, 9.17) is 27.9 Å². The molecule has 0 fully saturated rings. The molecule has 0 unspecified atom stereocenters. The summed E-state index contributed by atoms with van der Waals surface area (Å²) in [5.41, 5.74) is 0.390. The zero-order chi connectivity index (χ0) is 27.6. The fraction of sp³-hybridized carbons (Fsp3) is 0.115. The summed E-state index contributed by atoms with van der Waals surface area (Å²) in [6, 6.07) is 16.0. The number of nitrogens with one attached hydrogen (secondary N) is 1. The maximum Gasteiger partial charge on any atom is 0.296 e. The molecule has 0 aliphatic heterocycles. The van der Waals surface area contributed by atoms with Crippen molar-refractivity contribution in [2.24, 2.45) is 10.2 Å². The molecule has 0 saturated heterocycles. The third-order valence-corrected chi connectivity index (χ3v) is 7.42. The normalized spacial score (nSPS) is 11.7. The first-order valence-corrected chi connectivity index (χ1v) is 13.3. The van der Waals surface area contributed by atoms with E-state index in [1.165, 1.54) is 31.4 Å². The topological polar surface area (TPSA) is 138 Å². The van der Waals surface area contributed by atoms with Gasteiger partial charge in [-0.05, 0) is 47.7 Å². The predicted octanol–water partition coefficient (Wildman–Crippen LogP) is 7.34. The van der Waals surface area contributed by atoms with E-state index in [1.54, 1.807) is 43.3 Å². The molecule has 0 saturated carbocycles. The maximum absolute atomic E-state index is 13.2. The minimum Gasteiger partial charge on any atom is -0.505 e.